The van der Waals surface area contributed by atoms with Crippen LogP contribution in [-0.2, 0) is 16.1 Å². The molecule has 0 unspecified atom stereocenters. The lowest BCUT2D eigenvalue weighted by atomic mass is 9.79. The Morgan fingerprint density at radius 1 is 0.946 bits per heavy atom. The van der Waals surface area contributed by atoms with E-state index in [-0.39, 0.29) is 59.0 Å². The smallest absolute Gasteiger partial charge is 0.251 e. The molecule has 0 saturated carbocycles. The van der Waals surface area contributed by atoms with Gasteiger partial charge in [-0.2, -0.15) is 0 Å². The average Bonchev–Trinajstić information content (AvgIpc) is 3.28. The molecule has 2 aliphatic heterocycles. The summed E-state index contributed by atoms with van der Waals surface area (Å²) in [6.07, 6.45) is 3.18. The molecular formula is C27H27Cl2N3O4S. The van der Waals surface area contributed by atoms with E-state index in [1.165, 1.54) is 0 Å². The molecule has 1 aliphatic carbocycles. The number of nitrogens with one attached hydrogen (secondary N) is 2. The van der Waals surface area contributed by atoms with Crippen molar-refractivity contribution in [2.45, 2.75) is 31.3 Å². The van der Waals surface area contributed by atoms with Gasteiger partial charge in [-0.05, 0) is 43.6 Å². The molecule has 0 bridgehead atoms. The fourth-order valence-electron chi connectivity index (χ4n) is 5.00. The van der Waals surface area contributed by atoms with Gasteiger partial charge in [0.25, 0.3) is 5.91 Å². The molecule has 10 heteroatoms. The van der Waals surface area contributed by atoms with Gasteiger partial charge in [0, 0.05) is 28.4 Å². The fourth-order valence-corrected chi connectivity index (χ4v) is 6.49. The van der Waals surface area contributed by atoms with Gasteiger partial charge < -0.3 is 10.6 Å². The summed E-state index contributed by atoms with van der Waals surface area (Å²) in [5.74, 6) is -1.47. The highest BCUT2D eigenvalue weighted by atomic mass is 35.5. The molecule has 2 aromatic rings. The molecule has 0 spiro atoms. The predicted molar refractivity (Wildman–Crippen MR) is 146 cm³/mol. The van der Waals surface area contributed by atoms with Crippen LogP contribution in [0.3, 0.4) is 0 Å². The zero-order chi connectivity index (χ0) is 25.3. The Hall–Kier alpha value is -2.65. The molecule has 1 fully saturated rings. The number of benzene rings is 2. The second-order valence-corrected chi connectivity index (χ2v) is 10.7. The SMILES string of the molecule is Cl.O=C(CN1CCCCC1)N[C@@]1(C(=O)NCc2ccc(Cl)cc2)CSC2=C1C(=O)c1ccccc1C2=O. The minimum Gasteiger partial charge on any atom is -0.350 e. The molecule has 7 nitrogen and oxygen atoms in total. The molecule has 0 aromatic heterocycles. The third kappa shape index (κ3) is 5.34. The monoisotopic (exact) mass is 559 g/mol. The van der Waals surface area contributed by atoms with E-state index in [2.05, 4.69) is 15.5 Å². The number of halogens is 2. The van der Waals surface area contributed by atoms with Crippen LogP contribution in [0.2, 0.25) is 5.02 Å². The van der Waals surface area contributed by atoms with Gasteiger partial charge in [-0.25, -0.2) is 0 Å². The Balaban J connectivity index is 0.00000320. The number of ketones is 2. The summed E-state index contributed by atoms with van der Waals surface area (Å²) in [6.45, 7) is 1.96. The summed E-state index contributed by atoms with van der Waals surface area (Å²) in [5, 5.41) is 6.36. The number of carbonyl (C=O) groups excluding carboxylic acids is 4. The van der Waals surface area contributed by atoms with Crippen LogP contribution in [0.15, 0.2) is 59.0 Å². The molecule has 2 amide bonds. The van der Waals surface area contributed by atoms with E-state index >= 15 is 0 Å². The van der Waals surface area contributed by atoms with E-state index in [0.29, 0.717) is 10.6 Å². The lowest BCUT2D eigenvalue weighted by Crippen LogP contribution is -2.63. The lowest BCUT2D eigenvalue weighted by molar-refractivity contribution is -0.132. The third-order valence-corrected chi connectivity index (χ3v) is 8.37. The van der Waals surface area contributed by atoms with Crippen molar-refractivity contribution in [3.8, 4) is 0 Å². The number of nitrogens with zero attached hydrogens (tertiary/aromatic N) is 1. The first-order valence-electron chi connectivity index (χ1n) is 12.0. The maximum atomic E-state index is 13.8. The Kier molecular flexibility index (Phi) is 8.43. The first-order valence-corrected chi connectivity index (χ1v) is 13.4. The Labute approximate surface area is 230 Å². The molecule has 2 N–H and O–H groups in total. The molecule has 1 saturated heterocycles. The average molecular weight is 561 g/mol. The topological polar surface area (TPSA) is 95.6 Å². The summed E-state index contributed by atoms with van der Waals surface area (Å²) in [5.41, 5.74) is -0.176. The van der Waals surface area contributed by atoms with Gasteiger partial charge in [0.15, 0.2) is 11.3 Å². The van der Waals surface area contributed by atoms with Gasteiger partial charge in [-0.1, -0.05) is 54.4 Å². The lowest BCUT2D eigenvalue weighted by Gasteiger charge is -2.33. The third-order valence-electron chi connectivity index (χ3n) is 6.86. The van der Waals surface area contributed by atoms with Crippen LogP contribution < -0.4 is 10.6 Å². The predicted octanol–water partition coefficient (Wildman–Crippen LogP) is 3.80. The van der Waals surface area contributed by atoms with Crippen LogP contribution >= 0.6 is 35.8 Å². The second kappa shape index (κ2) is 11.4. The zero-order valence-corrected chi connectivity index (χ0v) is 22.4. The molecule has 5 rings (SSSR count). The highest BCUT2D eigenvalue weighted by Crippen LogP contribution is 2.45. The summed E-state index contributed by atoms with van der Waals surface area (Å²) < 4.78 is 0. The van der Waals surface area contributed by atoms with Crippen molar-refractivity contribution in [2.24, 2.45) is 0 Å². The van der Waals surface area contributed by atoms with Gasteiger partial charge in [-0.3, -0.25) is 24.1 Å². The molecule has 3 aliphatic rings. The minimum atomic E-state index is -1.64. The first kappa shape index (κ1) is 27.4. The summed E-state index contributed by atoms with van der Waals surface area (Å²) in [7, 11) is 0. The van der Waals surface area contributed by atoms with E-state index in [9.17, 15) is 19.2 Å². The van der Waals surface area contributed by atoms with E-state index < -0.39 is 17.2 Å². The van der Waals surface area contributed by atoms with Crippen molar-refractivity contribution in [2.75, 3.05) is 25.4 Å². The Morgan fingerprint density at radius 2 is 1.59 bits per heavy atom. The highest BCUT2D eigenvalue weighted by molar-refractivity contribution is 8.04. The van der Waals surface area contributed by atoms with Crippen LogP contribution in [0, 0.1) is 0 Å². The van der Waals surface area contributed by atoms with Crippen molar-refractivity contribution in [1.29, 1.82) is 0 Å². The van der Waals surface area contributed by atoms with Crippen molar-refractivity contribution in [1.82, 2.24) is 15.5 Å². The van der Waals surface area contributed by atoms with Gasteiger partial charge in [0.05, 0.1) is 17.0 Å². The number of allylic oxidation sites excluding steroid dienone is 1. The van der Waals surface area contributed by atoms with Gasteiger partial charge in [0.1, 0.15) is 0 Å². The van der Waals surface area contributed by atoms with E-state index in [1.54, 1.807) is 48.5 Å². The highest BCUT2D eigenvalue weighted by Gasteiger charge is 2.55. The van der Waals surface area contributed by atoms with Crippen LogP contribution in [0.25, 0.3) is 0 Å². The number of Topliss-reactive ketones (excluding diaryl/α,β-unsaturated/α-hetero) is 2. The van der Waals surface area contributed by atoms with Crippen LogP contribution in [0.1, 0.15) is 45.5 Å². The van der Waals surface area contributed by atoms with Crippen LogP contribution in [0.5, 0.6) is 0 Å². The summed E-state index contributed by atoms with van der Waals surface area (Å²) >= 11 is 7.12. The second-order valence-electron chi connectivity index (χ2n) is 9.30. The largest absolute Gasteiger partial charge is 0.350 e. The van der Waals surface area contributed by atoms with Gasteiger partial charge in [0.2, 0.25) is 11.7 Å². The molecule has 1 atom stereocenters. The van der Waals surface area contributed by atoms with Gasteiger partial charge >= 0.3 is 0 Å². The zero-order valence-electron chi connectivity index (χ0n) is 20.1. The standard InChI is InChI=1S/C27H26ClN3O4S.ClH/c28-18-10-8-17(9-11-18)14-29-26(35)27(30-21(32)15-31-12-4-1-5-13-31)16-36-25-22(27)23(33)19-6-2-3-7-20(19)24(25)34;/h2-3,6-11H,1,4-5,12-16H2,(H,29,35)(H,30,32);1H/t27-;/m0./s1. The molecule has 194 valence electrons. The van der Waals surface area contributed by atoms with Crippen molar-refractivity contribution < 1.29 is 19.2 Å². The Bertz CT molecular complexity index is 1270. The van der Waals surface area contributed by atoms with Gasteiger partial charge in [-0.15, -0.1) is 24.2 Å². The number of hydrogen-bond acceptors (Lipinski definition) is 6. The summed E-state index contributed by atoms with van der Waals surface area (Å²) in [6, 6.07) is 13.7. The number of thioether (sulfide) groups is 1. The maximum Gasteiger partial charge on any atom is 0.251 e. The van der Waals surface area contributed by atoms with Crippen molar-refractivity contribution >= 4 is 59.2 Å². The minimum absolute atomic E-state index is 0. The first-order chi connectivity index (χ1) is 17.4. The number of fused-ring (bicyclic) bond motifs is 1. The number of carbonyl (C=O) groups is 4. The van der Waals surface area contributed by atoms with Crippen molar-refractivity contribution in [3.63, 3.8) is 0 Å². The van der Waals surface area contributed by atoms with Crippen LogP contribution in [-0.4, -0.2) is 59.2 Å². The number of rotatable bonds is 6. The van der Waals surface area contributed by atoms with Crippen molar-refractivity contribution in [3.05, 3.63) is 80.7 Å². The number of hydrogen-bond donors (Lipinski definition) is 2. The summed E-state index contributed by atoms with van der Waals surface area (Å²) in [4.78, 5) is 56.2. The normalized spacial score (nSPS) is 21.1. The number of piperidine rings is 1. The quantitative estimate of drug-likeness (QED) is 0.559. The molecule has 2 aromatic carbocycles. The molecule has 37 heavy (non-hydrogen) atoms. The van der Waals surface area contributed by atoms with E-state index in [1.807, 2.05) is 0 Å². The van der Waals surface area contributed by atoms with E-state index in [4.69, 9.17) is 11.6 Å². The fraction of sp³-hybridized carbons (Fsp3) is 0.333. The maximum absolute atomic E-state index is 13.8. The van der Waals surface area contributed by atoms with E-state index in [0.717, 1.165) is 49.7 Å². The van der Waals surface area contributed by atoms with Crippen LogP contribution in [0.4, 0.5) is 0 Å². The number of amides is 2. The molecule has 2 heterocycles. The Morgan fingerprint density at radius 3 is 2.27 bits per heavy atom. The molecule has 0 radical (unpaired) electrons. The number of likely N-dealkylation sites (tertiary alicyclic amines) is 1. The molecular weight excluding hydrogens is 533 g/mol.